The zero-order valence-corrected chi connectivity index (χ0v) is 13.8. The van der Waals surface area contributed by atoms with Gasteiger partial charge < -0.3 is 9.84 Å². The summed E-state index contributed by atoms with van der Waals surface area (Å²) in [6, 6.07) is 14.5. The SMILES string of the molecule is O=c1c2ccccc2ncn1CC(O)COc1ccc(Br)cc1. The standard InChI is InChI=1S/C17H15BrN2O3/c18-12-5-7-14(8-6-12)23-10-13(21)9-20-11-19-16-4-2-1-3-15(16)17(20)22/h1-8,11,13,21H,9-10H2. The Bertz CT molecular complexity index is 862. The van der Waals surface area contributed by atoms with Gasteiger partial charge >= 0.3 is 0 Å². The molecule has 1 atom stereocenters. The molecule has 5 nitrogen and oxygen atoms in total. The van der Waals surface area contributed by atoms with E-state index in [4.69, 9.17) is 4.74 Å². The summed E-state index contributed by atoms with van der Waals surface area (Å²) in [7, 11) is 0. The van der Waals surface area contributed by atoms with E-state index in [9.17, 15) is 9.90 Å². The van der Waals surface area contributed by atoms with E-state index < -0.39 is 6.10 Å². The largest absolute Gasteiger partial charge is 0.491 e. The van der Waals surface area contributed by atoms with Crippen LogP contribution >= 0.6 is 15.9 Å². The Balaban J connectivity index is 1.68. The quantitative estimate of drug-likeness (QED) is 0.745. The molecule has 6 heteroatoms. The zero-order chi connectivity index (χ0) is 16.2. The third-order valence-corrected chi connectivity index (χ3v) is 3.92. The van der Waals surface area contributed by atoms with Crippen LogP contribution in [0.3, 0.4) is 0 Å². The van der Waals surface area contributed by atoms with Gasteiger partial charge in [-0.25, -0.2) is 4.98 Å². The molecule has 2 aromatic carbocycles. The molecular weight excluding hydrogens is 360 g/mol. The summed E-state index contributed by atoms with van der Waals surface area (Å²) < 4.78 is 7.87. The maximum absolute atomic E-state index is 12.3. The van der Waals surface area contributed by atoms with E-state index in [1.807, 2.05) is 18.2 Å². The van der Waals surface area contributed by atoms with Crippen molar-refractivity contribution in [1.82, 2.24) is 9.55 Å². The highest BCUT2D eigenvalue weighted by Crippen LogP contribution is 2.16. The predicted molar refractivity (Wildman–Crippen MR) is 91.6 cm³/mol. The summed E-state index contributed by atoms with van der Waals surface area (Å²) in [4.78, 5) is 16.6. The van der Waals surface area contributed by atoms with Gasteiger partial charge in [0.15, 0.2) is 0 Å². The number of hydrogen-bond acceptors (Lipinski definition) is 4. The fourth-order valence-corrected chi connectivity index (χ4v) is 2.50. The van der Waals surface area contributed by atoms with Gasteiger partial charge in [0.05, 0.1) is 23.8 Å². The smallest absolute Gasteiger partial charge is 0.261 e. The molecule has 3 aromatic rings. The van der Waals surface area contributed by atoms with E-state index in [1.165, 1.54) is 10.9 Å². The lowest BCUT2D eigenvalue weighted by Gasteiger charge is -2.14. The van der Waals surface area contributed by atoms with E-state index in [1.54, 1.807) is 30.3 Å². The number of ether oxygens (including phenoxy) is 1. The van der Waals surface area contributed by atoms with Crippen LogP contribution < -0.4 is 10.3 Å². The Kier molecular flexibility index (Phi) is 4.73. The van der Waals surface area contributed by atoms with Crippen molar-refractivity contribution in [2.24, 2.45) is 0 Å². The van der Waals surface area contributed by atoms with E-state index in [0.29, 0.717) is 16.7 Å². The minimum absolute atomic E-state index is 0.0981. The van der Waals surface area contributed by atoms with E-state index in [2.05, 4.69) is 20.9 Å². The van der Waals surface area contributed by atoms with Gasteiger partial charge in [0, 0.05) is 4.47 Å². The molecule has 3 rings (SSSR count). The van der Waals surface area contributed by atoms with Crippen LogP contribution in [-0.2, 0) is 6.54 Å². The molecule has 118 valence electrons. The van der Waals surface area contributed by atoms with Crippen LogP contribution in [0.4, 0.5) is 0 Å². The predicted octanol–water partition coefficient (Wildman–Crippen LogP) is 2.60. The van der Waals surface area contributed by atoms with Gasteiger partial charge in [-0.1, -0.05) is 28.1 Å². The van der Waals surface area contributed by atoms with Gasteiger partial charge in [-0.05, 0) is 36.4 Å². The first-order chi connectivity index (χ1) is 11.1. The van der Waals surface area contributed by atoms with Crippen LogP contribution in [0.2, 0.25) is 0 Å². The summed E-state index contributed by atoms with van der Waals surface area (Å²) in [6.45, 7) is 0.230. The second-order valence-electron chi connectivity index (χ2n) is 5.14. The average Bonchev–Trinajstić information content (AvgIpc) is 2.57. The second kappa shape index (κ2) is 6.93. The van der Waals surface area contributed by atoms with Crippen molar-refractivity contribution in [3.8, 4) is 5.75 Å². The van der Waals surface area contributed by atoms with Gasteiger partial charge in [-0.2, -0.15) is 0 Å². The third-order valence-electron chi connectivity index (χ3n) is 3.39. The first-order valence-electron chi connectivity index (χ1n) is 7.14. The Morgan fingerprint density at radius 1 is 1.17 bits per heavy atom. The maximum atomic E-state index is 12.3. The monoisotopic (exact) mass is 374 g/mol. The first-order valence-corrected chi connectivity index (χ1v) is 7.93. The summed E-state index contributed by atoms with van der Waals surface area (Å²) in [5, 5.41) is 10.6. The lowest BCUT2D eigenvalue weighted by Crippen LogP contribution is -2.30. The highest BCUT2D eigenvalue weighted by molar-refractivity contribution is 9.10. The number of halogens is 1. The molecule has 0 amide bonds. The third kappa shape index (κ3) is 3.78. The summed E-state index contributed by atoms with van der Waals surface area (Å²) in [5.74, 6) is 0.663. The van der Waals surface area contributed by atoms with Crippen LogP contribution in [-0.4, -0.2) is 27.4 Å². The second-order valence-corrected chi connectivity index (χ2v) is 6.05. The Hall–Kier alpha value is -2.18. The fraction of sp³-hybridized carbons (Fsp3) is 0.176. The molecule has 1 heterocycles. The van der Waals surface area contributed by atoms with Crippen LogP contribution in [0.1, 0.15) is 0 Å². The van der Waals surface area contributed by atoms with Crippen LogP contribution in [0, 0.1) is 0 Å². The number of benzene rings is 2. The lowest BCUT2D eigenvalue weighted by atomic mass is 10.2. The number of aliphatic hydroxyl groups is 1. The molecule has 0 aliphatic rings. The number of nitrogens with zero attached hydrogens (tertiary/aromatic N) is 2. The van der Waals surface area contributed by atoms with Gasteiger partial charge in [0.25, 0.3) is 5.56 Å². The maximum Gasteiger partial charge on any atom is 0.261 e. The highest BCUT2D eigenvalue weighted by Gasteiger charge is 2.10. The van der Waals surface area contributed by atoms with Crippen LogP contribution in [0.15, 0.2) is 64.1 Å². The van der Waals surface area contributed by atoms with Gasteiger partial charge in [0.1, 0.15) is 18.5 Å². The molecule has 1 aromatic heterocycles. The first kappa shape index (κ1) is 15.7. The van der Waals surface area contributed by atoms with Gasteiger partial charge in [-0.3, -0.25) is 9.36 Å². The molecule has 0 saturated heterocycles. The van der Waals surface area contributed by atoms with Crippen molar-refractivity contribution in [2.75, 3.05) is 6.61 Å². The topological polar surface area (TPSA) is 64.4 Å². The Morgan fingerprint density at radius 3 is 2.70 bits per heavy atom. The molecule has 0 saturated carbocycles. The van der Waals surface area contributed by atoms with Crippen molar-refractivity contribution in [3.05, 3.63) is 69.7 Å². The molecule has 0 bridgehead atoms. The Labute approximate surface area is 141 Å². The van der Waals surface area contributed by atoms with Crippen molar-refractivity contribution < 1.29 is 9.84 Å². The number of aromatic nitrogens is 2. The molecule has 0 aliphatic heterocycles. The minimum atomic E-state index is -0.806. The van der Waals surface area contributed by atoms with E-state index >= 15 is 0 Å². The number of hydrogen-bond donors (Lipinski definition) is 1. The van der Waals surface area contributed by atoms with Gasteiger partial charge in [-0.15, -0.1) is 0 Å². The van der Waals surface area contributed by atoms with Crippen molar-refractivity contribution >= 4 is 26.8 Å². The normalized spacial score (nSPS) is 12.3. The molecule has 0 spiro atoms. The summed E-state index contributed by atoms with van der Waals surface area (Å²) >= 11 is 3.35. The molecule has 1 N–H and O–H groups in total. The fourth-order valence-electron chi connectivity index (χ4n) is 2.24. The van der Waals surface area contributed by atoms with Gasteiger partial charge in [0.2, 0.25) is 0 Å². The van der Waals surface area contributed by atoms with Crippen molar-refractivity contribution in [3.63, 3.8) is 0 Å². The molecule has 0 radical (unpaired) electrons. The van der Waals surface area contributed by atoms with E-state index in [-0.39, 0.29) is 18.7 Å². The molecule has 0 aliphatic carbocycles. The van der Waals surface area contributed by atoms with Crippen LogP contribution in [0.5, 0.6) is 5.75 Å². The number of fused-ring (bicyclic) bond motifs is 1. The minimum Gasteiger partial charge on any atom is -0.491 e. The summed E-state index contributed by atoms with van der Waals surface area (Å²) in [5.41, 5.74) is 0.479. The number of aliphatic hydroxyl groups excluding tert-OH is 1. The molecule has 23 heavy (non-hydrogen) atoms. The Morgan fingerprint density at radius 2 is 1.91 bits per heavy atom. The summed E-state index contributed by atoms with van der Waals surface area (Å²) in [6.07, 6.45) is 0.646. The van der Waals surface area contributed by atoms with E-state index in [0.717, 1.165) is 4.47 Å². The molecule has 1 unspecified atom stereocenters. The van der Waals surface area contributed by atoms with Crippen molar-refractivity contribution in [1.29, 1.82) is 0 Å². The number of para-hydroxylation sites is 1. The van der Waals surface area contributed by atoms with Crippen molar-refractivity contribution in [2.45, 2.75) is 12.6 Å². The average molecular weight is 375 g/mol. The zero-order valence-electron chi connectivity index (χ0n) is 12.2. The van der Waals surface area contributed by atoms with Crippen LogP contribution in [0.25, 0.3) is 10.9 Å². The molecule has 0 fully saturated rings. The highest BCUT2D eigenvalue weighted by atomic mass is 79.9. The molecular formula is C17H15BrN2O3. The number of rotatable bonds is 5. The lowest BCUT2D eigenvalue weighted by molar-refractivity contribution is 0.0915.